The van der Waals surface area contributed by atoms with E-state index in [1.54, 1.807) is 0 Å². The molecule has 0 saturated carbocycles. The van der Waals surface area contributed by atoms with Gasteiger partial charge in [0, 0.05) is 18.6 Å². The Morgan fingerprint density at radius 2 is 2.18 bits per heavy atom. The highest BCUT2D eigenvalue weighted by Gasteiger charge is 2.27. The lowest BCUT2D eigenvalue weighted by atomic mass is 9.99. The summed E-state index contributed by atoms with van der Waals surface area (Å²) >= 11 is 0. The van der Waals surface area contributed by atoms with Crippen molar-refractivity contribution in [2.75, 3.05) is 26.4 Å². The molecule has 1 rings (SSSR count). The van der Waals surface area contributed by atoms with Crippen LogP contribution in [0, 0.1) is 5.92 Å². The van der Waals surface area contributed by atoms with Crippen molar-refractivity contribution >= 4 is 0 Å². The smallest absolute Gasteiger partial charge is 0.0630 e. The average molecular weight is 243 g/mol. The van der Waals surface area contributed by atoms with Gasteiger partial charge in [-0.1, -0.05) is 13.8 Å². The molecular weight excluding hydrogens is 214 g/mol. The maximum atomic E-state index is 6.03. The predicted molar refractivity (Wildman–Crippen MR) is 71.3 cm³/mol. The van der Waals surface area contributed by atoms with Gasteiger partial charge >= 0.3 is 0 Å². The van der Waals surface area contributed by atoms with Crippen LogP contribution in [-0.2, 0) is 9.47 Å². The summed E-state index contributed by atoms with van der Waals surface area (Å²) in [6.07, 6.45) is 3.38. The predicted octanol–water partition coefficient (Wildman–Crippen LogP) is 2.60. The highest BCUT2D eigenvalue weighted by atomic mass is 16.5. The zero-order chi connectivity index (χ0) is 12.7. The lowest BCUT2D eigenvalue weighted by molar-refractivity contribution is -0.0376. The molecule has 2 atom stereocenters. The van der Waals surface area contributed by atoms with Gasteiger partial charge in [-0.05, 0) is 39.7 Å². The van der Waals surface area contributed by atoms with Gasteiger partial charge in [0.25, 0.3) is 0 Å². The molecule has 0 amide bonds. The molecule has 1 aliphatic heterocycles. The van der Waals surface area contributed by atoms with E-state index in [1.807, 2.05) is 0 Å². The summed E-state index contributed by atoms with van der Waals surface area (Å²) in [5.74, 6) is 0.620. The van der Waals surface area contributed by atoms with Gasteiger partial charge in [0.15, 0.2) is 0 Å². The van der Waals surface area contributed by atoms with Crippen LogP contribution < -0.4 is 5.32 Å². The molecule has 0 aliphatic carbocycles. The van der Waals surface area contributed by atoms with Gasteiger partial charge in [0.2, 0.25) is 0 Å². The molecule has 102 valence electrons. The van der Waals surface area contributed by atoms with Crippen molar-refractivity contribution in [3.05, 3.63) is 0 Å². The fourth-order valence-electron chi connectivity index (χ4n) is 1.98. The maximum Gasteiger partial charge on any atom is 0.0630 e. The van der Waals surface area contributed by atoms with E-state index >= 15 is 0 Å². The fourth-order valence-corrected chi connectivity index (χ4v) is 1.98. The summed E-state index contributed by atoms with van der Waals surface area (Å²) < 4.78 is 11.5. The zero-order valence-corrected chi connectivity index (χ0v) is 11.9. The molecule has 0 bridgehead atoms. The van der Waals surface area contributed by atoms with Crippen LogP contribution in [0.5, 0.6) is 0 Å². The molecule has 0 aromatic heterocycles. The second-order valence-corrected chi connectivity index (χ2v) is 5.61. The van der Waals surface area contributed by atoms with Crippen molar-refractivity contribution in [2.45, 2.75) is 58.6 Å². The van der Waals surface area contributed by atoms with E-state index in [9.17, 15) is 0 Å². The Morgan fingerprint density at radius 3 is 2.71 bits per heavy atom. The molecule has 0 aromatic rings. The van der Waals surface area contributed by atoms with Gasteiger partial charge in [-0.25, -0.2) is 0 Å². The summed E-state index contributed by atoms with van der Waals surface area (Å²) in [5.41, 5.74) is -0.00833. The Balaban J connectivity index is 2.39. The van der Waals surface area contributed by atoms with Crippen molar-refractivity contribution in [2.24, 2.45) is 5.92 Å². The molecule has 1 heterocycles. The summed E-state index contributed by atoms with van der Waals surface area (Å²) in [5, 5.41) is 3.60. The summed E-state index contributed by atoms with van der Waals surface area (Å²) in [7, 11) is 0. The monoisotopic (exact) mass is 243 g/mol. The third-order valence-electron chi connectivity index (χ3n) is 3.70. The van der Waals surface area contributed by atoms with Crippen LogP contribution in [-0.4, -0.2) is 38.0 Å². The highest BCUT2D eigenvalue weighted by Crippen LogP contribution is 2.20. The molecule has 1 fully saturated rings. The van der Waals surface area contributed by atoms with Crippen LogP contribution in [0.25, 0.3) is 0 Å². The number of hydrogen-bond donors (Lipinski definition) is 1. The van der Waals surface area contributed by atoms with Gasteiger partial charge < -0.3 is 14.8 Å². The minimum atomic E-state index is -0.00833. The van der Waals surface area contributed by atoms with E-state index < -0.39 is 0 Å². The molecule has 0 aromatic carbocycles. The van der Waals surface area contributed by atoms with E-state index in [4.69, 9.17) is 9.47 Å². The molecule has 3 heteroatoms. The number of hydrogen-bond acceptors (Lipinski definition) is 3. The molecule has 1 aliphatic rings. The molecule has 0 spiro atoms. The lowest BCUT2D eigenvalue weighted by Gasteiger charge is -2.30. The topological polar surface area (TPSA) is 30.5 Å². The van der Waals surface area contributed by atoms with Gasteiger partial charge in [0.1, 0.15) is 0 Å². The average Bonchev–Trinajstić information content (AvgIpc) is 2.83. The lowest BCUT2D eigenvalue weighted by Crippen LogP contribution is -2.43. The van der Waals surface area contributed by atoms with Crippen LogP contribution in [0.1, 0.15) is 47.0 Å². The van der Waals surface area contributed by atoms with Crippen molar-refractivity contribution in [1.29, 1.82) is 0 Å². The fraction of sp³-hybridized carbons (Fsp3) is 1.00. The first kappa shape index (κ1) is 14.9. The van der Waals surface area contributed by atoms with E-state index in [0.717, 1.165) is 39.2 Å². The Kier molecular flexibility index (Phi) is 6.45. The zero-order valence-electron chi connectivity index (χ0n) is 11.9. The minimum Gasteiger partial charge on any atom is -0.381 e. The molecule has 0 radical (unpaired) electrons. The first-order chi connectivity index (χ1) is 8.09. The summed E-state index contributed by atoms with van der Waals surface area (Å²) in [6, 6.07) is 0.447. The summed E-state index contributed by atoms with van der Waals surface area (Å²) in [6.45, 7) is 12.4. The second-order valence-electron chi connectivity index (χ2n) is 5.61. The maximum absolute atomic E-state index is 6.03. The van der Waals surface area contributed by atoms with E-state index in [1.165, 1.54) is 6.42 Å². The Labute approximate surface area is 106 Å². The molecule has 3 nitrogen and oxygen atoms in total. The first-order valence-electron chi connectivity index (χ1n) is 7.04. The van der Waals surface area contributed by atoms with Crippen molar-refractivity contribution in [1.82, 2.24) is 5.32 Å². The largest absolute Gasteiger partial charge is 0.381 e. The minimum absolute atomic E-state index is 0.00833. The van der Waals surface area contributed by atoms with Crippen LogP contribution in [0.2, 0.25) is 0 Å². The highest BCUT2D eigenvalue weighted by molar-refractivity contribution is 4.80. The summed E-state index contributed by atoms with van der Waals surface area (Å²) in [4.78, 5) is 0. The van der Waals surface area contributed by atoms with Gasteiger partial charge in [-0.2, -0.15) is 0 Å². The van der Waals surface area contributed by atoms with Crippen LogP contribution in [0.15, 0.2) is 0 Å². The standard InChI is InChI=1S/C14H29NO2/c1-5-8-15-13(12-7-9-16-10-12)11-17-14(3,4)6-2/h12-13,15H,5-11H2,1-4H3. The molecular formula is C14H29NO2. The van der Waals surface area contributed by atoms with Crippen LogP contribution in [0.4, 0.5) is 0 Å². The Morgan fingerprint density at radius 1 is 1.41 bits per heavy atom. The number of nitrogens with one attached hydrogen (secondary N) is 1. The number of rotatable bonds is 8. The van der Waals surface area contributed by atoms with Crippen LogP contribution >= 0.6 is 0 Å². The Bertz CT molecular complexity index is 200. The van der Waals surface area contributed by atoms with E-state index in [0.29, 0.717) is 12.0 Å². The first-order valence-corrected chi connectivity index (χ1v) is 7.04. The van der Waals surface area contributed by atoms with Crippen LogP contribution in [0.3, 0.4) is 0 Å². The third-order valence-corrected chi connectivity index (χ3v) is 3.70. The molecule has 2 unspecified atom stereocenters. The van der Waals surface area contributed by atoms with Gasteiger partial charge in [-0.15, -0.1) is 0 Å². The van der Waals surface area contributed by atoms with Crippen molar-refractivity contribution in [3.63, 3.8) is 0 Å². The van der Waals surface area contributed by atoms with E-state index in [2.05, 4.69) is 33.0 Å². The SMILES string of the molecule is CCCNC(COC(C)(C)CC)C1CCOC1. The molecule has 17 heavy (non-hydrogen) atoms. The molecule has 1 N–H and O–H groups in total. The number of ether oxygens (including phenoxy) is 2. The third kappa shape index (κ3) is 5.36. The second kappa shape index (κ2) is 7.34. The quantitative estimate of drug-likeness (QED) is 0.711. The van der Waals surface area contributed by atoms with Gasteiger partial charge in [0.05, 0.1) is 18.8 Å². The van der Waals surface area contributed by atoms with Crippen molar-refractivity contribution in [3.8, 4) is 0 Å². The molecule has 1 saturated heterocycles. The van der Waals surface area contributed by atoms with E-state index in [-0.39, 0.29) is 5.60 Å². The Hall–Kier alpha value is -0.120. The van der Waals surface area contributed by atoms with Crippen molar-refractivity contribution < 1.29 is 9.47 Å². The van der Waals surface area contributed by atoms with Gasteiger partial charge in [-0.3, -0.25) is 0 Å². The normalized spacial score (nSPS) is 22.9.